The molecule has 0 saturated heterocycles. The number of hydrogen-bond acceptors (Lipinski definition) is 5. The van der Waals surface area contributed by atoms with Crippen molar-refractivity contribution in [2.75, 3.05) is 18.8 Å². The maximum absolute atomic E-state index is 13.3. The molecule has 0 bridgehead atoms. The van der Waals surface area contributed by atoms with Crippen LogP contribution >= 0.6 is 11.8 Å². The van der Waals surface area contributed by atoms with Crippen LogP contribution in [0.1, 0.15) is 44.2 Å². The van der Waals surface area contributed by atoms with Gasteiger partial charge in [-0.1, -0.05) is 84.6 Å². The molecule has 0 aliphatic rings. The number of ether oxygens (including phenoxy) is 1. The van der Waals surface area contributed by atoms with E-state index in [1.54, 1.807) is 9.47 Å². The van der Waals surface area contributed by atoms with Crippen molar-refractivity contribution in [3.63, 3.8) is 0 Å². The summed E-state index contributed by atoms with van der Waals surface area (Å²) in [6, 6.07) is 28.0. The third kappa shape index (κ3) is 7.86. The van der Waals surface area contributed by atoms with E-state index in [0.717, 1.165) is 22.2 Å². The number of thioether (sulfide) groups is 1. The third-order valence-electron chi connectivity index (χ3n) is 6.17. The van der Waals surface area contributed by atoms with Crippen molar-refractivity contribution in [3.8, 4) is 0 Å². The van der Waals surface area contributed by atoms with Gasteiger partial charge in [-0.15, -0.1) is 0 Å². The zero-order valence-electron chi connectivity index (χ0n) is 22.6. The van der Waals surface area contributed by atoms with Gasteiger partial charge in [0.15, 0.2) is 5.16 Å². The largest absolute Gasteiger partial charge is 0.480 e. The lowest BCUT2D eigenvalue weighted by Crippen LogP contribution is -2.40. The maximum atomic E-state index is 13.3. The maximum Gasteiger partial charge on any atom is 0.410 e. The molecule has 4 rings (SSSR count). The average molecular weight is 546 g/mol. The smallest absolute Gasteiger partial charge is 0.410 e. The molecular formula is C31H35N3O4S. The van der Waals surface area contributed by atoms with Gasteiger partial charge in [-0.2, -0.15) is 0 Å². The zero-order chi connectivity index (χ0) is 27.8. The monoisotopic (exact) mass is 545 g/mol. The van der Waals surface area contributed by atoms with E-state index in [4.69, 9.17) is 4.74 Å². The van der Waals surface area contributed by atoms with Crippen LogP contribution < -0.4 is 0 Å². The second-order valence-corrected chi connectivity index (χ2v) is 11.4. The number of nitrogens with zero attached hydrogens (tertiary/aromatic N) is 3. The van der Waals surface area contributed by atoms with Crippen LogP contribution in [0.25, 0.3) is 11.0 Å². The van der Waals surface area contributed by atoms with Crippen LogP contribution in [0.2, 0.25) is 0 Å². The topological polar surface area (TPSA) is 84.7 Å². The highest BCUT2D eigenvalue weighted by molar-refractivity contribution is 7.99. The molecule has 0 aliphatic carbocycles. The number of benzene rings is 3. The molecule has 1 heterocycles. The van der Waals surface area contributed by atoms with Crippen molar-refractivity contribution in [1.29, 1.82) is 0 Å². The molecule has 0 spiro atoms. The molecule has 1 amide bonds. The first-order chi connectivity index (χ1) is 18.7. The number of fused-ring (bicyclic) bond motifs is 1. The van der Waals surface area contributed by atoms with Gasteiger partial charge in [0.1, 0.15) is 12.1 Å². The van der Waals surface area contributed by atoms with Crippen molar-refractivity contribution in [2.45, 2.75) is 50.4 Å². The zero-order valence-corrected chi connectivity index (χ0v) is 23.4. The van der Waals surface area contributed by atoms with Crippen LogP contribution in [0.3, 0.4) is 0 Å². The summed E-state index contributed by atoms with van der Waals surface area (Å²) < 4.78 is 7.52. The number of amides is 1. The van der Waals surface area contributed by atoms with E-state index < -0.39 is 11.6 Å². The van der Waals surface area contributed by atoms with Gasteiger partial charge in [0, 0.05) is 24.8 Å². The fourth-order valence-corrected chi connectivity index (χ4v) is 5.39. The van der Waals surface area contributed by atoms with Gasteiger partial charge in [-0.25, -0.2) is 9.78 Å². The third-order valence-corrected chi connectivity index (χ3v) is 7.24. The molecule has 4 aromatic rings. The quantitative estimate of drug-likeness (QED) is 0.167. The van der Waals surface area contributed by atoms with Crippen molar-refractivity contribution < 1.29 is 19.4 Å². The Morgan fingerprint density at radius 3 is 2.13 bits per heavy atom. The molecule has 0 atom stereocenters. The molecule has 0 saturated carbocycles. The molecule has 0 fully saturated rings. The second-order valence-electron chi connectivity index (χ2n) is 10.4. The summed E-state index contributed by atoms with van der Waals surface area (Å²) >= 11 is 1.50. The summed E-state index contributed by atoms with van der Waals surface area (Å²) in [6.45, 7) is 6.44. The van der Waals surface area contributed by atoms with Crippen LogP contribution in [0.5, 0.6) is 0 Å². The Morgan fingerprint density at radius 1 is 0.949 bits per heavy atom. The summed E-state index contributed by atoms with van der Waals surface area (Å²) in [6.07, 6.45) is 0.346. The van der Waals surface area contributed by atoms with Gasteiger partial charge >= 0.3 is 12.1 Å². The van der Waals surface area contributed by atoms with Crippen LogP contribution in [0.15, 0.2) is 90.1 Å². The predicted octanol–water partition coefficient (Wildman–Crippen LogP) is 6.67. The van der Waals surface area contributed by atoms with E-state index >= 15 is 0 Å². The fourth-order valence-electron chi connectivity index (χ4n) is 4.45. The molecule has 1 aromatic heterocycles. The molecule has 3 aromatic carbocycles. The van der Waals surface area contributed by atoms with Gasteiger partial charge in [-0.05, 0) is 50.5 Å². The Kier molecular flexibility index (Phi) is 9.30. The Balaban J connectivity index is 1.51. The van der Waals surface area contributed by atoms with E-state index in [1.807, 2.05) is 81.4 Å². The second kappa shape index (κ2) is 12.8. The number of hydrogen-bond donors (Lipinski definition) is 1. The van der Waals surface area contributed by atoms with Crippen molar-refractivity contribution in [3.05, 3.63) is 96.1 Å². The van der Waals surface area contributed by atoms with Crippen molar-refractivity contribution >= 4 is 34.9 Å². The summed E-state index contributed by atoms with van der Waals surface area (Å²) in [5.41, 5.74) is 3.22. The average Bonchev–Trinajstić information content (AvgIpc) is 3.24. The van der Waals surface area contributed by atoms with Crippen molar-refractivity contribution in [1.82, 2.24) is 14.5 Å². The summed E-state index contributed by atoms with van der Waals surface area (Å²) in [4.78, 5) is 31.3. The van der Waals surface area contributed by atoms with Crippen LogP contribution in [0, 0.1) is 0 Å². The first-order valence-corrected chi connectivity index (χ1v) is 14.1. The number of rotatable bonds is 11. The van der Waals surface area contributed by atoms with Crippen LogP contribution in [-0.4, -0.2) is 56.1 Å². The molecule has 0 radical (unpaired) electrons. The highest BCUT2D eigenvalue weighted by atomic mass is 32.2. The first-order valence-electron chi connectivity index (χ1n) is 13.1. The Morgan fingerprint density at radius 2 is 1.54 bits per heavy atom. The molecule has 8 heteroatoms. The van der Waals surface area contributed by atoms with Gasteiger partial charge in [0.25, 0.3) is 0 Å². The number of para-hydroxylation sites is 2. The number of carbonyl (C=O) groups excluding carboxylic acids is 1. The number of imidazole rings is 1. The molecule has 0 unspecified atom stereocenters. The van der Waals surface area contributed by atoms with Gasteiger partial charge in [0.05, 0.1) is 11.0 Å². The molecule has 39 heavy (non-hydrogen) atoms. The Hall–Kier alpha value is -3.78. The minimum absolute atomic E-state index is 0.00710. The lowest BCUT2D eigenvalue weighted by atomic mass is 9.91. The minimum Gasteiger partial charge on any atom is -0.480 e. The Labute approximate surface area is 233 Å². The number of aromatic nitrogens is 2. The van der Waals surface area contributed by atoms with Crippen LogP contribution in [0.4, 0.5) is 4.79 Å². The fraction of sp³-hybridized carbons (Fsp3) is 0.323. The molecular weight excluding hydrogens is 510 g/mol. The summed E-state index contributed by atoms with van der Waals surface area (Å²) in [5.74, 6) is -0.250. The van der Waals surface area contributed by atoms with E-state index in [-0.39, 0.29) is 18.6 Å². The highest BCUT2D eigenvalue weighted by Gasteiger charge is 2.26. The van der Waals surface area contributed by atoms with Gasteiger partial charge in [0.2, 0.25) is 0 Å². The summed E-state index contributed by atoms with van der Waals surface area (Å²) in [7, 11) is 0. The van der Waals surface area contributed by atoms with E-state index in [2.05, 4.69) is 29.2 Å². The SMILES string of the molecule is CC(C)(C)OC(=O)N(CCCSc1nc2ccccc2n1CC(=O)O)CC(c1ccccc1)c1ccccc1. The number of aliphatic carboxylic acids is 1. The summed E-state index contributed by atoms with van der Waals surface area (Å²) in [5, 5.41) is 10.1. The van der Waals surface area contributed by atoms with Crippen LogP contribution in [-0.2, 0) is 16.1 Å². The minimum atomic E-state index is -0.913. The lowest BCUT2D eigenvalue weighted by Gasteiger charge is -2.31. The number of carbonyl (C=O) groups is 2. The normalized spacial score (nSPS) is 11.6. The molecule has 7 nitrogen and oxygen atoms in total. The van der Waals surface area contributed by atoms with E-state index in [0.29, 0.717) is 30.4 Å². The van der Waals surface area contributed by atoms with Crippen molar-refractivity contribution in [2.24, 2.45) is 0 Å². The predicted molar refractivity (Wildman–Crippen MR) is 155 cm³/mol. The Bertz CT molecular complexity index is 1340. The standard InChI is InChI=1S/C31H35N3O4S/c1-31(2,3)38-30(37)33(21-25(23-13-6-4-7-14-23)24-15-8-5-9-16-24)19-12-20-39-29-32-26-17-10-11-18-27(26)34(29)22-28(35)36/h4-11,13-18,25H,12,19-22H2,1-3H3,(H,35,36). The van der Waals surface area contributed by atoms with Gasteiger partial charge in [-0.3, -0.25) is 4.79 Å². The lowest BCUT2D eigenvalue weighted by molar-refractivity contribution is -0.137. The number of carboxylic acid groups (broad SMARTS) is 1. The van der Waals surface area contributed by atoms with Gasteiger partial charge < -0.3 is 19.3 Å². The first kappa shape index (κ1) is 28.2. The van der Waals surface area contributed by atoms with E-state index in [9.17, 15) is 14.7 Å². The molecule has 1 N–H and O–H groups in total. The van der Waals surface area contributed by atoms with E-state index in [1.165, 1.54) is 11.8 Å². The molecule has 204 valence electrons. The molecule has 0 aliphatic heterocycles. The highest BCUT2D eigenvalue weighted by Crippen LogP contribution is 2.28. The number of carboxylic acids is 1.